The van der Waals surface area contributed by atoms with Gasteiger partial charge in [-0.3, -0.25) is 4.79 Å². The normalized spacial score (nSPS) is 17.9. The van der Waals surface area contributed by atoms with E-state index in [0.717, 1.165) is 25.9 Å². The summed E-state index contributed by atoms with van der Waals surface area (Å²) in [5.41, 5.74) is 0. The maximum atomic E-state index is 13.0. The highest BCUT2D eigenvalue weighted by Gasteiger charge is 2.25. The van der Waals surface area contributed by atoms with E-state index in [4.69, 9.17) is 4.74 Å². The van der Waals surface area contributed by atoms with E-state index in [1.54, 1.807) is 6.92 Å². The number of carbonyl (C=O) groups is 1. The Balaban J connectivity index is 1.97. The SMILES string of the molecule is CC1CCN(C(=O)C(C)Oc2ccc(F)cc2Br)CC1. The minimum atomic E-state index is -0.565. The highest BCUT2D eigenvalue weighted by Crippen LogP contribution is 2.27. The Morgan fingerprint density at radius 2 is 2.10 bits per heavy atom. The number of likely N-dealkylation sites (tertiary alicyclic amines) is 1. The van der Waals surface area contributed by atoms with Crippen LogP contribution in [0.1, 0.15) is 26.7 Å². The number of ether oxygens (including phenoxy) is 1. The first-order valence-corrected chi connectivity index (χ1v) is 7.67. The van der Waals surface area contributed by atoms with E-state index in [2.05, 4.69) is 22.9 Å². The first-order valence-electron chi connectivity index (χ1n) is 6.88. The van der Waals surface area contributed by atoms with Crippen molar-refractivity contribution in [3.05, 3.63) is 28.5 Å². The van der Waals surface area contributed by atoms with E-state index in [9.17, 15) is 9.18 Å². The number of halogens is 2. The van der Waals surface area contributed by atoms with Gasteiger partial charge in [0.15, 0.2) is 6.10 Å². The molecule has 1 aromatic carbocycles. The van der Waals surface area contributed by atoms with Crippen LogP contribution in [0.25, 0.3) is 0 Å². The van der Waals surface area contributed by atoms with Crippen LogP contribution in [0.4, 0.5) is 4.39 Å². The predicted octanol–water partition coefficient (Wildman–Crippen LogP) is 3.61. The minimum absolute atomic E-state index is 0.00637. The molecule has 3 nitrogen and oxygen atoms in total. The molecule has 1 unspecified atom stereocenters. The molecular formula is C15H19BrFNO2. The van der Waals surface area contributed by atoms with Crippen molar-refractivity contribution in [1.29, 1.82) is 0 Å². The van der Waals surface area contributed by atoms with Gasteiger partial charge < -0.3 is 9.64 Å². The van der Waals surface area contributed by atoms with Crippen LogP contribution >= 0.6 is 15.9 Å². The second-order valence-corrected chi connectivity index (χ2v) is 6.20. The van der Waals surface area contributed by atoms with Crippen LogP contribution in [-0.2, 0) is 4.79 Å². The van der Waals surface area contributed by atoms with Crippen molar-refractivity contribution >= 4 is 21.8 Å². The zero-order chi connectivity index (χ0) is 14.7. The fourth-order valence-corrected chi connectivity index (χ4v) is 2.74. The number of nitrogens with zero attached hydrogens (tertiary/aromatic N) is 1. The van der Waals surface area contributed by atoms with Gasteiger partial charge in [0.1, 0.15) is 11.6 Å². The number of benzene rings is 1. The third kappa shape index (κ3) is 3.72. The summed E-state index contributed by atoms with van der Waals surface area (Å²) in [5.74, 6) is 0.820. The second kappa shape index (κ2) is 6.57. The summed E-state index contributed by atoms with van der Waals surface area (Å²) in [7, 11) is 0. The highest BCUT2D eigenvalue weighted by atomic mass is 79.9. The topological polar surface area (TPSA) is 29.5 Å². The van der Waals surface area contributed by atoms with Gasteiger partial charge in [0.05, 0.1) is 4.47 Å². The lowest BCUT2D eigenvalue weighted by Gasteiger charge is -2.32. The second-order valence-electron chi connectivity index (χ2n) is 5.34. The molecule has 0 spiro atoms. The van der Waals surface area contributed by atoms with Crippen molar-refractivity contribution in [3.63, 3.8) is 0 Å². The van der Waals surface area contributed by atoms with Crippen molar-refractivity contribution < 1.29 is 13.9 Å². The van der Waals surface area contributed by atoms with Crippen molar-refractivity contribution in [3.8, 4) is 5.75 Å². The average Bonchev–Trinajstić information content (AvgIpc) is 2.42. The van der Waals surface area contributed by atoms with E-state index < -0.39 is 6.10 Å². The summed E-state index contributed by atoms with van der Waals surface area (Å²) >= 11 is 3.24. The lowest BCUT2D eigenvalue weighted by atomic mass is 9.99. The Labute approximate surface area is 127 Å². The molecule has 0 saturated carbocycles. The molecule has 1 aliphatic rings. The van der Waals surface area contributed by atoms with Gasteiger partial charge in [-0.25, -0.2) is 4.39 Å². The molecule has 1 saturated heterocycles. The van der Waals surface area contributed by atoms with Crippen LogP contribution < -0.4 is 4.74 Å². The molecule has 0 aromatic heterocycles. The predicted molar refractivity (Wildman–Crippen MR) is 79.2 cm³/mol. The van der Waals surface area contributed by atoms with E-state index >= 15 is 0 Å². The number of amides is 1. The Kier molecular flexibility index (Phi) is 5.02. The van der Waals surface area contributed by atoms with Gasteiger partial charge >= 0.3 is 0 Å². The molecule has 1 fully saturated rings. The Hall–Kier alpha value is -1.10. The maximum absolute atomic E-state index is 13.0. The first kappa shape index (κ1) is 15.3. The molecule has 0 radical (unpaired) electrons. The van der Waals surface area contributed by atoms with Crippen LogP contribution in [0.5, 0.6) is 5.75 Å². The zero-order valence-electron chi connectivity index (χ0n) is 11.7. The molecule has 1 atom stereocenters. The molecule has 1 heterocycles. The fourth-order valence-electron chi connectivity index (χ4n) is 2.30. The zero-order valence-corrected chi connectivity index (χ0v) is 13.3. The van der Waals surface area contributed by atoms with Gasteiger partial charge in [0, 0.05) is 13.1 Å². The lowest BCUT2D eigenvalue weighted by molar-refractivity contribution is -0.139. The smallest absolute Gasteiger partial charge is 0.263 e. The monoisotopic (exact) mass is 343 g/mol. The maximum Gasteiger partial charge on any atom is 0.263 e. The molecule has 0 aliphatic carbocycles. The third-order valence-electron chi connectivity index (χ3n) is 3.64. The van der Waals surface area contributed by atoms with E-state index in [1.165, 1.54) is 18.2 Å². The molecule has 1 aromatic rings. The number of carbonyl (C=O) groups excluding carboxylic acids is 1. The summed E-state index contributed by atoms with van der Waals surface area (Å²) < 4.78 is 19.2. The first-order chi connectivity index (χ1) is 9.47. The summed E-state index contributed by atoms with van der Waals surface area (Å²) in [6.07, 6.45) is 1.52. The Bertz CT molecular complexity index is 487. The van der Waals surface area contributed by atoms with Crippen molar-refractivity contribution in [2.45, 2.75) is 32.8 Å². The molecule has 20 heavy (non-hydrogen) atoms. The van der Waals surface area contributed by atoms with Crippen LogP contribution in [0.15, 0.2) is 22.7 Å². The van der Waals surface area contributed by atoms with Gasteiger partial charge in [-0.2, -0.15) is 0 Å². The molecule has 1 amide bonds. The summed E-state index contributed by atoms with van der Waals surface area (Å²) in [6.45, 7) is 5.52. The van der Waals surface area contributed by atoms with Gasteiger partial charge in [-0.15, -0.1) is 0 Å². The van der Waals surface area contributed by atoms with Crippen LogP contribution in [0.2, 0.25) is 0 Å². The fraction of sp³-hybridized carbons (Fsp3) is 0.533. The number of hydrogen-bond acceptors (Lipinski definition) is 2. The van der Waals surface area contributed by atoms with Gasteiger partial charge in [-0.1, -0.05) is 6.92 Å². The van der Waals surface area contributed by atoms with Gasteiger partial charge in [0.25, 0.3) is 5.91 Å². The highest BCUT2D eigenvalue weighted by molar-refractivity contribution is 9.10. The van der Waals surface area contributed by atoms with Crippen LogP contribution in [0.3, 0.4) is 0 Å². The van der Waals surface area contributed by atoms with Crippen LogP contribution in [0, 0.1) is 11.7 Å². The van der Waals surface area contributed by atoms with Crippen molar-refractivity contribution in [2.75, 3.05) is 13.1 Å². The van der Waals surface area contributed by atoms with E-state index in [0.29, 0.717) is 16.1 Å². The molecule has 110 valence electrons. The van der Waals surface area contributed by atoms with Crippen LogP contribution in [-0.4, -0.2) is 30.0 Å². The largest absolute Gasteiger partial charge is 0.480 e. The summed E-state index contributed by atoms with van der Waals surface area (Å²) in [6, 6.07) is 4.18. The van der Waals surface area contributed by atoms with Gasteiger partial charge in [0.2, 0.25) is 0 Å². The van der Waals surface area contributed by atoms with E-state index in [-0.39, 0.29) is 11.7 Å². The van der Waals surface area contributed by atoms with Crippen molar-refractivity contribution in [2.24, 2.45) is 5.92 Å². The minimum Gasteiger partial charge on any atom is -0.480 e. The third-order valence-corrected chi connectivity index (χ3v) is 4.26. The number of hydrogen-bond donors (Lipinski definition) is 0. The standard InChI is InChI=1S/C15H19BrFNO2/c1-10-5-7-18(8-6-10)15(19)11(2)20-14-4-3-12(17)9-13(14)16/h3-4,9-11H,5-8H2,1-2H3. The Morgan fingerprint density at radius 1 is 1.45 bits per heavy atom. The number of rotatable bonds is 3. The van der Waals surface area contributed by atoms with Crippen molar-refractivity contribution in [1.82, 2.24) is 4.90 Å². The average molecular weight is 344 g/mol. The quantitative estimate of drug-likeness (QED) is 0.838. The molecule has 0 bridgehead atoms. The van der Waals surface area contributed by atoms with Gasteiger partial charge in [-0.05, 0) is 59.8 Å². The molecule has 0 N–H and O–H groups in total. The molecule has 5 heteroatoms. The molecule has 2 rings (SSSR count). The molecule has 1 aliphatic heterocycles. The number of piperidine rings is 1. The molecular weight excluding hydrogens is 325 g/mol. The summed E-state index contributed by atoms with van der Waals surface area (Å²) in [4.78, 5) is 14.1. The lowest BCUT2D eigenvalue weighted by Crippen LogP contribution is -2.44. The van der Waals surface area contributed by atoms with E-state index in [1.807, 2.05) is 4.90 Å². The Morgan fingerprint density at radius 3 is 2.70 bits per heavy atom. The summed E-state index contributed by atoms with van der Waals surface area (Å²) in [5, 5.41) is 0.